The molecular weight excluding hydrogens is 180 g/mol. The van der Waals surface area contributed by atoms with Crippen LogP contribution in [0, 0.1) is 5.92 Å². The van der Waals surface area contributed by atoms with Crippen molar-refractivity contribution in [3.8, 4) is 0 Å². The van der Waals surface area contributed by atoms with Crippen LogP contribution in [0.15, 0.2) is 5.16 Å². The van der Waals surface area contributed by atoms with Crippen LogP contribution in [-0.2, 0) is 4.74 Å². The van der Waals surface area contributed by atoms with Gasteiger partial charge in [-0.25, -0.2) is 0 Å². The zero-order valence-corrected chi connectivity index (χ0v) is 9.20. The smallest absolute Gasteiger partial charge is 0.139 e. The monoisotopic (exact) mass is 202 g/mol. The summed E-state index contributed by atoms with van der Waals surface area (Å²) in [5, 5.41) is 11.2. The van der Waals surface area contributed by atoms with Crippen LogP contribution in [0.2, 0.25) is 0 Å². The third-order valence-electron chi connectivity index (χ3n) is 2.03. The van der Waals surface area contributed by atoms with Crippen molar-refractivity contribution in [3.63, 3.8) is 0 Å². The normalized spacial score (nSPS) is 14.3. The van der Waals surface area contributed by atoms with Gasteiger partial charge in [0.05, 0.1) is 0 Å². The highest BCUT2D eigenvalue weighted by molar-refractivity contribution is 5.79. The quantitative estimate of drug-likeness (QED) is 0.208. The minimum Gasteiger partial charge on any atom is -0.409 e. The van der Waals surface area contributed by atoms with E-state index in [-0.39, 0.29) is 5.84 Å². The van der Waals surface area contributed by atoms with Gasteiger partial charge in [-0.2, -0.15) is 0 Å². The van der Waals surface area contributed by atoms with Crippen LogP contribution in [0.3, 0.4) is 0 Å². The number of oxime groups is 1. The molecule has 3 N–H and O–H groups in total. The van der Waals surface area contributed by atoms with Crippen LogP contribution in [-0.4, -0.2) is 24.3 Å². The molecule has 1 unspecified atom stereocenters. The molecule has 0 radical (unpaired) electrons. The Labute approximate surface area is 86.1 Å². The number of rotatable bonds is 8. The fourth-order valence-electron chi connectivity index (χ4n) is 1.27. The predicted molar refractivity (Wildman–Crippen MR) is 57.5 cm³/mol. The first-order valence-electron chi connectivity index (χ1n) is 5.24. The Morgan fingerprint density at radius 2 is 2.29 bits per heavy atom. The van der Waals surface area contributed by atoms with Gasteiger partial charge in [0.1, 0.15) is 5.84 Å². The van der Waals surface area contributed by atoms with E-state index in [0.717, 1.165) is 13.0 Å². The third kappa shape index (κ3) is 7.86. The molecule has 0 aliphatic heterocycles. The van der Waals surface area contributed by atoms with E-state index in [9.17, 15) is 0 Å². The number of hydrogen-bond acceptors (Lipinski definition) is 3. The number of amidine groups is 1. The number of hydrogen-bond donors (Lipinski definition) is 2. The van der Waals surface area contributed by atoms with Crippen molar-refractivity contribution in [2.45, 2.75) is 39.5 Å². The summed E-state index contributed by atoms with van der Waals surface area (Å²) in [6.07, 6.45) is 3.82. The highest BCUT2D eigenvalue weighted by Crippen LogP contribution is 2.05. The molecule has 0 aromatic carbocycles. The van der Waals surface area contributed by atoms with Gasteiger partial charge in [-0.1, -0.05) is 25.4 Å². The molecule has 0 bridgehead atoms. The minimum absolute atomic E-state index is 0.273. The molecule has 0 amide bonds. The lowest BCUT2D eigenvalue weighted by molar-refractivity contribution is 0.101. The van der Waals surface area contributed by atoms with Crippen molar-refractivity contribution in [2.24, 2.45) is 16.8 Å². The maximum Gasteiger partial charge on any atom is 0.139 e. The second-order valence-electron chi connectivity index (χ2n) is 3.66. The molecule has 4 heteroatoms. The fraction of sp³-hybridized carbons (Fsp3) is 0.900. The van der Waals surface area contributed by atoms with Gasteiger partial charge < -0.3 is 15.7 Å². The molecule has 0 aromatic heterocycles. The average molecular weight is 202 g/mol. The lowest BCUT2D eigenvalue weighted by Gasteiger charge is -2.10. The number of nitrogens with zero attached hydrogens (tertiary/aromatic N) is 1. The molecule has 4 nitrogen and oxygen atoms in total. The molecule has 0 rings (SSSR count). The molecule has 84 valence electrons. The Bertz CT molecular complexity index is 160. The molecule has 0 spiro atoms. The first-order chi connectivity index (χ1) is 6.70. The minimum atomic E-state index is 0.273. The predicted octanol–water partition coefficient (Wildman–Crippen LogP) is 1.97. The maximum absolute atomic E-state index is 8.27. The highest BCUT2D eigenvalue weighted by Gasteiger charge is 2.00. The van der Waals surface area contributed by atoms with Gasteiger partial charge in [0.25, 0.3) is 0 Å². The second kappa shape index (κ2) is 8.81. The van der Waals surface area contributed by atoms with Crippen LogP contribution in [0.4, 0.5) is 0 Å². The molecule has 0 fully saturated rings. The summed E-state index contributed by atoms with van der Waals surface area (Å²) in [5.41, 5.74) is 5.31. The molecule has 0 aromatic rings. The summed E-state index contributed by atoms with van der Waals surface area (Å²) in [6.45, 7) is 5.86. The van der Waals surface area contributed by atoms with Gasteiger partial charge in [0, 0.05) is 19.6 Å². The van der Waals surface area contributed by atoms with E-state index in [1.165, 1.54) is 12.8 Å². The van der Waals surface area contributed by atoms with Gasteiger partial charge in [-0.3, -0.25) is 0 Å². The Kier molecular flexibility index (Phi) is 8.33. The maximum atomic E-state index is 8.27. The van der Waals surface area contributed by atoms with Crippen LogP contribution in [0.25, 0.3) is 0 Å². The molecule has 0 saturated heterocycles. The largest absolute Gasteiger partial charge is 0.409 e. The van der Waals surface area contributed by atoms with E-state index in [2.05, 4.69) is 19.0 Å². The Hall–Kier alpha value is -0.770. The van der Waals surface area contributed by atoms with Crippen LogP contribution < -0.4 is 5.73 Å². The van der Waals surface area contributed by atoms with Crippen molar-refractivity contribution in [1.82, 2.24) is 0 Å². The van der Waals surface area contributed by atoms with E-state index in [4.69, 9.17) is 15.7 Å². The number of ether oxygens (including phenoxy) is 1. The van der Waals surface area contributed by atoms with Crippen molar-refractivity contribution >= 4 is 5.84 Å². The van der Waals surface area contributed by atoms with Gasteiger partial charge in [-0.05, 0) is 18.8 Å². The van der Waals surface area contributed by atoms with E-state index in [1.807, 2.05) is 0 Å². The van der Waals surface area contributed by atoms with Gasteiger partial charge in [0.15, 0.2) is 0 Å². The molecule has 0 aliphatic rings. The number of nitrogens with two attached hydrogens (primary N) is 1. The Morgan fingerprint density at radius 3 is 2.86 bits per heavy atom. The summed E-state index contributed by atoms with van der Waals surface area (Å²) in [7, 11) is 0. The van der Waals surface area contributed by atoms with Crippen LogP contribution >= 0.6 is 0 Å². The molecule has 1 atom stereocenters. The van der Waals surface area contributed by atoms with Crippen molar-refractivity contribution in [2.75, 3.05) is 13.2 Å². The zero-order valence-electron chi connectivity index (χ0n) is 9.20. The zero-order chi connectivity index (χ0) is 10.8. The van der Waals surface area contributed by atoms with E-state index < -0.39 is 0 Å². The Morgan fingerprint density at radius 1 is 1.57 bits per heavy atom. The molecule has 14 heavy (non-hydrogen) atoms. The molecule has 0 saturated carbocycles. The van der Waals surface area contributed by atoms with E-state index in [1.54, 1.807) is 0 Å². The van der Waals surface area contributed by atoms with E-state index >= 15 is 0 Å². The lowest BCUT2D eigenvalue weighted by Crippen LogP contribution is -2.13. The lowest BCUT2D eigenvalue weighted by atomic mass is 10.1. The summed E-state index contributed by atoms with van der Waals surface area (Å²) in [4.78, 5) is 0. The molecular formula is C10H22N2O2. The Balaban J connectivity index is 3.21. The van der Waals surface area contributed by atoms with Crippen molar-refractivity contribution < 1.29 is 9.94 Å². The summed E-state index contributed by atoms with van der Waals surface area (Å²) < 4.78 is 5.45. The SMILES string of the molecule is CCCC(C)COCCCC(N)=NO. The highest BCUT2D eigenvalue weighted by atomic mass is 16.5. The fourth-order valence-corrected chi connectivity index (χ4v) is 1.27. The standard InChI is InChI=1S/C10H22N2O2/c1-3-5-9(2)8-14-7-4-6-10(11)12-13/h9,13H,3-8H2,1-2H3,(H2,11,12). The third-order valence-corrected chi connectivity index (χ3v) is 2.03. The first kappa shape index (κ1) is 13.2. The van der Waals surface area contributed by atoms with Crippen LogP contribution in [0.5, 0.6) is 0 Å². The first-order valence-corrected chi connectivity index (χ1v) is 5.24. The molecule has 0 heterocycles. The summed E-state index contributed by atoms with van der Waals surface area (Å²) in [6, 6.07) is 0. The topological polar surface area (TPSA) is 67.8 Å². The van der Waals surface area contributed by atoms with Gasteiger partial charge in [0.2, 0.25) is 0 Å². The van der Waals surface area contributed by atoms with E-state index in [0.29, 0.717) is 18.9 Å². The summed E-state index contributed by atoms with van der Waals surface area (Å²) >= 11 is 0. The summed E-state index contributed by atoms with van der Waals surface area (Å²) in [5.74, 6) is 0.902. The average Bonchev–Trinajstić information content (AvgIpc) is 2.17. The van der Waals surface area contributed by atoms with Crippen molar-refractivity contribution in [3.05, 3.63) is 0 Å². The van der Waals surface area contributed by atoms with Gasteiger partial charge >= 0.3 is 0 Å². The van der Waals surface area contributed by atoms with Crippen molar-refractivity contribution in [1.29, 1.82) is 0 Å². The molecule has 0 aliphatic carbocycles. The second-order valence-corrected chi connectivity index (χ2v) is 3.66. The van der Waals surface area contributed by atoms with Crippen LogP contribution in [0.1, 0.15) is 39.5 Å². The van der Waals surface area contributed by atoms with Gasteiger partial charge in [-0.15, -0.1) is 0 Å².